The Morgan fingerprint density at radius 2 is 0.929 bits per heavy atom. The molecule has 0 aliphatic carbocycles. The van der Waals surface area contributed by atoms with Crippen LogP contribution in [-0.4, -0.2) is 0 Å². The summed E-state index contributed by atoms with van der Waals surface area (Å²) in [4.78, 5) is 0. The van der Waals surface area contributed by atoms with Crippen LogP contribution < -0.4 is 0 Å². The highest BCUT2D eigenvalue weighted by molar-refractivity contribution is 4.65. The van der Waals surface area contributed by atoms with E-state index in [1.165, 1.54) is 38.5 Å². The third kappa shape index (κ3) is 5.67. The standard InChI is InChI=1S/C14H30/c1-6-13(7-2)10-12(5)11-14(8-3)9-4/h12-14H,6-11H2,1-5H3. The second-order valence-electron chi connectivity index (χ2n) is 4.94. The molecule has 0 unspecified atom stereocenters. The summed E-state index contributed by atoms with van der Waals surface area (Å²) in [6.07, 6.45) is 8.36. The summed E-state index contributed by atoms with van der Waals surface area (Å²) >= 11 is 0. The minimum Gasteiger partial charge on any atom is -0.0651 e. The van der Waals surface area contributed by atoms with Gasteiger partial charge in [0.1, 0.15) is 0 Å². The maximum absolute atomic E-state index is 2.44. The molecule has 0 rings (SSSR count). The first-order valence-corrected chi connectivity index (χ1v) is 6.67. The van der Waals surface area contributed by atoms with Crippen LogP contribution in [0.5, 0.6) is 0 Å². The van der Waals surface area contributed by atoms with Gasteiger partial charge < -0.3 is 0 Å². The predicted octanol–water partition coefficient (Wildman–Crippen LogP) is 5.28. The van der Waals surface area contributed by atoms with E-state index in [2.05, 4.69) is 34.6 Å². The molecule has 0 amide bonds. The topological polar surface area (TPSA) is 0 Å². The summed E-state index contributed by atoms with van der Waals surface area (Å²) in [6, 6.07) is 0. The Hall–Kier alpha value is 0. The Bertz CT molecular complexity index is 95.2. The maximum Gasteiger partial charge on any atom is -0.0417 e. The van der Waals surface area contributed by atoms with Crippen LogP contribution >= 0.6 is 0 Å². The van der Waals surface area contributed by atoms with Crippen molar-refractivity contribution >= 4 is 0 Å². The van der Waals surface area contributed by atoms with Gasteiger partial charge in [0.05, 0.1) is 0 Å². The van der Waals surface area contributed by atoms with Crippen LogP contribution in [0.1, 0.15) is 73.1 Å². The number of rotatable bonds is 8. The highest BCUT2D eigenvalue weighted by Gasteiger charge is 2.13. The van der Waals surface area contributed by atoms with Gasteiger partial charge in [-0.05, 0) is 30.6 Å². The van der Waals surface area contributed by atoms with Crippen molar-refractivity contribution in [3.63, 3.8) is 0 Å². The van der Waals surface area contributed by atoms with Crippen LogP contribution in [0.2, 0.25) is 0 Å². The average Bonchev–Trinajstić information content (AvgIpc) is 2.22. The first-order valence-electron chi connectivity index (χ1n) is 6.67. The molecule has 0 radical (unpaired) electrons. The van der Waals surface area contributed by atoms with E-state index in [9.17, 15) is 0 Å². The third-order valence-electron chi connectivity index (χ3n) is 3.78. The molecule has 0 fully saturated rings. The van der Waals surface area contributed by atoms with Crippen molar-refractivity contribution in [2.45, 2.75) is 73.1 Å². The highest BCUT2D eigenvalue weighted by Crippen LogP contribution is 2.26. The number of hydrogen-bond acceptors (Lipinski definition) is 0. The Morgan fingerprint density at radius 3 is 1.14 bits per heavy atom. The molecule has 14 heavy (non-hydrogen) atoms. The lowest BCUT2D eigenvalue weighted by molar-refractivity contribution is 0.302. The normalized spacial score (nSPS) is 12.0. The molecule has 0 heteroatoms. The fraction of sp³-hybridized carbons (Fsp3) is 1.00. The van der Waals surface area contributed by atoms with E-state index in [-0.39, 0.29) is 0 Å². The van der Waals surface area contributed by atoms with Crippen molar-refractivity contribution in [1.82, 2.24) is 0 Å². The van der Waals surface area contributed by atoms with E-state index in [1.807, 2.05) is 0 Å². The van der Waals surface area contributed by atoms with Gasteiger partial charge in [-0.2, -0.15) is 0 Å². The van der Waals surface area contributed by atoms with Gasteiger partial charge in [-0.1, -0.05) is 60.3 Å². The average molecular weight is 198 g/mol. The molecule has 86 valence electrons. The van der Waals surface area contributed by atoms with Crippen LogP contribution in [0.4, 0.5) is 0 Å². The molecule has 0 spiro atoms. The molecule has 0 bridgehead atoms. The van der Waals surface area contributed by atoms with Crippen molar-refractivity contribution in [3.8, 4) is 0 Å². The monoisotopic (exact) mass is 198 g/mol. The first-order chi connectivity index (χ1) is 6.67. The van der Waals surface area contributed by atoms with Crippen LogP contribution in [0.25, 0.3) is 0 Å². The van der Waals surface area contributed by atoms with Crippen molar-refractivity contribution in [3.05, 3.63) is 0 Å². The van der Waals surface area contributed by atoms with E-state index in [1.54, 1.807) is 0 Å². The van der Waals surface area contributed by atoms with Gasteiger partial charge in [-0.25, -0.2) is 0 Å². The van der Waals surface area contributed by atoms with Crippen LogP contribution in [-0.2, 0) is 0 Å². The van der Waals surface area contributed by atoms with Gasteiger partial charge in [-0.15, -0.1) is 0 Å². The summed E-state index contributed by atoms with van der Waals surface area (Å²) in [5.41, 5.74) is 0. The van der Waals surface area contributed by atoms with Crippen molar-refractivity contribution in [2.24, 2.45) is 17.8 Å². The molecular formula is C14H30. The molecule has 0 saturated carbocycles. The van der Waals surface area contributed by atoms with Crippen LogP contribution in [0.15, 0.2) is 0 Å². The second kappa shape index (κ2) is 8.32. The van der Waals surface area contributed by atoms with Gasteiger partial charge in [0, 0.05) is 0 Å². The first kappa shape index (κ1) is 14.0. The Morgan fingerprint density at radius 1 is 0.643 bits per heavy atom. The lowest BCUT2D eigenvalue weighted by Gasteiger charge is -2.22. The molecule has 0 aliphatic rings. The molecular weight excluding hydrogens is 168 g/mol. The number of hydrogen-bond donors (Lipinski definition) is 0. The second-order valence-corrected chi connectivity index (χ2v) is 4.94. The van der Waals surface area contributed by atoms with E-state index >= 15 is 0 Å². The zero-order valence-electron chi connectivity index (χ0n) is 11.0. The van der Waals surface area contributed by atoms with Gasteiger partial charge in [0.15, 0.2) is 0 Å². The van der Waals surface area contributed by atoms with Gasteiger partial charge in [-0.3, -0.25) is 0 Å². The molecule has 0 aromatic rings. The molecule has 0 saturated heterocycles. The van der Waals surface area contributed by atoms with Crippen molar-refractivity contribution in [2.75, 3.05) is 0 Å². The van der Waals surface area contributed by atoms with Gasteiger partial charge in [0.2, 0.25) is 0 Å². The highest BCUT2D eigenvalue weighted by atomic mass is 14.2. The van der Waals surface area contributed by atoms with Crippen molar-refractivity contribution in [1.29, 1.82) is 0 Å². The minimum atomic E-state index is 0.935. The minimum absolute atomic E-state index is 0.935. The summed E-state index contributed by atoms with van der Waals surface area (Å²) in [6.45, 7) is 11.8. The zero-order chi connectivity index (χ0) is 11.0. The molecule has 0 aromatic heterocycles. The van der Waals surface area contributed by atoms with E-state index < -0.39 is 0 Å². The molecule has 0 N–H and O–H groups in total. The van der Waals surface area contributed by atoms with E-state index in [0.29, 0.717) is 0 Å². The van der Waals surface area contributed by atoms with Gasteiger partial charge in [0.25, 0.3) is 0 Å². The van der Waals surface area contributed by atoms with E-state index in [0.717, 1.165) is 17.8 Å². The molecule has 0 heterocycles. The molecule has 0 nitrogen and oxygen atoms in total. The lowest BCUT2D eigenvalue weighted by atomic mass is 9.84. The summed E-state index contributed by atoms with van der Waals surface area (Å²) in [5.74, 6) is 2.88. The fourth-order valence-corrected chi connectivity index (χ4v) is 2.48. The third-order valence-corrected chi connectivity index (χ3v) is 3.78. The fourth-order valence-electron chi connectivity index (χ4n) is 2.48. The van der Waals surface area contributed by atoms with Crippen LogP contribution in [0.3, 0.4) is 0 Å². The van der Waals surface area contributed by atoms with E-state index in [4.69, 9.17) is 0 Å². The summed E-state index contributed by atoms with van der Waals surface area (Å²) in [7, 11) is 0. The molecule has 0 aliphatic heterocycles. The Kier molecular flexibility index (Phi) is 8.32. The summed E-state index contributed by atoms with van der Waals surface area (Å²) < 4.78 is 0. The SMILES string of the molecule is CCC(CC)CC(C)CC(CC)CC. The Balaban J connectivity index is 3.77. The zero-order valence-corrected chi connectivity index (χ0v) is 11.0. The molecule has 0 aromatic carbocycles. The largest absolute Gasteiger partial charge is 0.0651 e. The van der Waals surface area contributed by atoms with Crippen molar-refractivity contribution < 1.29 is 0 Å². The summed E-state index contributed by atoms with van der Waals surface area (Å²) in [5, 5.41) is 0. The molecule has 0 atom stereocenters. The predicted molar refractivity (Wildman–Crippen MR) is 66.5 cm³/mol. The lowest BCUT2D eigenvalue weighted by Crippen LogP contribution is -2.09. The smallest absolute Gasteiger partial charge is 0.0417 e. The quantitative estimate of drug-likeness (QED) is 0.498. The maximum atomic E-state index is 2.44. The van der Waals surface area contributed by atoms with Crippen LogP contribution in [0, 0.1) is 17.8 Å². The Labute approximate surface area is 91.5 Å². The van der Waals surface area contributed by atoms with Gasteiger partial charge >= 0.3 is 0 Å².